The van der Waals surface area contributed by atoms with Crippen LogP contribution >= 0.6 is 12.4 Å². The smallest absolute Gasteiger partial charge is 0.271 e. The van der Waals surface area contributed by atoms with Crippen molar-refractivity contribution in [2.45, 2.75) is 13.8 Å². The van der Waals surface area contributed by atoms with E-state index in [1.165, 1.54) is 0 Å². The predicted molar refractivity (Wildman–Crippen MR) is 95.9 cm³/mol. The molecule has 0 saturated carbocycles. The van der Waals surface area contributed by atoms with Gasteiger partial charge in [0.15, 0.2) is 0 Å². The molecule has 2 aromatic rings. The van der Waals surface area contributed by atoms with Crippen LogP contribution in [0, 0.1) is 6.92 Å². The number of ketones is 1. The summed E-state index contributed by atoms with van der Waals surface area (Å²) in [6.45, 7) is 7.28. The number of rotatable bonds is 3. The monoisotopic (exact) mass is 335 g/mol. The first-order valence-electron chi connectivity index (χ1n) is 7.64. The van der Waals surface area contributed by atoms with E-state index in [0.29, 0.717) is 6.54 Å². The fraction of sp³-hybridized carbons (Fsp3) is 0.412. The number of aryl methyl sites for hydroxylation is 1. The minimum absolute atomic E-state index is 0. The number of anilines is 1. The number of aromatic nitrogens is 1. The van der Waals surface area contributed by atoms with Gasteiger partial charge in [-0.25, -0.2) is 0 Å². The van der Waals surface area contributed by atoms with Gasteiger partial charge in [0.2, 0.25) is 0 Å². The predicted octanol–water partition coefficient (Wildman–Crippen LogP) is 1.97. The molecule has 2 heterocycles. The van der Waals surface area contributed by atoms with Crippen molar-refractivity contribution in [2.24, 2.45) is 0 Å². The number of hydrogen-bond donors (Lipinski definition) is 1. The summed E-state index contributed by atoms with van der Waals surface area (Å²) in [7, 11) is 0. The Balaban J connectivity index is 0.00000192. The first kappa shape index (κ1) is 17.5. The lowest BCUT2D eigenvalue weighted by Gasteiger charge is -2.35. The Kier molecular flexibility index (Phi) is 5.44. The molecule has 1 N–H and O–H groups in total. The molecule has 0 aliphatic carbocycles. The lowest BCUT2D eigenvalue weighted by molar-refractivity contribution is -0.118. The second kappa shape index (κ2) is 7.15. The van der Waals surface area contributed by atoms with Crippen LogP contribution in [0.25, 0.3) is 10.9 Å². The van der Waals surface area contributed by atoms with Crippen LogP contribution in [0.3, 0.4) is 0 Å². The summed E-state index contributed by atoms with van der Waals surface area (Å²) < 4.78 is 0. The molecule has 1 aliphatic rings. The number of carbonyl (C=O) groups is 1. The largest absolute Gasteiger partial charge is 0.365 e. The number of para-hydroxylation sites is 1. The van der Waals surface area contributed by atoms with Crippen LogP contribution in [0.5, 0.6) is 0 Å². The van der Waals surface area contributed by atoms with E-state index in [1.54, 1.807) is 6.92 Å². The fourth-order valence-corrected chi connectivity index (χ4v) is 3.07. The van der Waals surface area contributed by atoms with Gasteiger partial charge in [0, 0.05) is 31.6 Å². The van der Waals surface area contributed by atoms with E-state index in [2.05, 4.69) is 14.8 Å². The van der Waals surface area contributed by atoms with Crippen LogP contribution in [0.15, 0.2) is 29.1 Å². The number of piperazine rings is 1. The first-order valence-corrected chi connectivity index (χ1v) is 7.64. The molecule has 5 nitrogen and oxygen atoms in total. The molecule has 3 rings (SSSR count). The molecule has 0 spiro atoms. The summed E-state index contributed by atoms with van der Waals surface area (Å²) in [5.41, 5.74) is 2.67. The van der Waals surface area contributed by atoms with Gasteiger partial charge in [0.1, 0.15) is 11.5 Å². The Labute approximate surface area is 141 Å². The van der Waals surface area contributed by atoms with Gasteiger partial charge in [0.25, 0.3) is 5.56 Å². The Morgan fingerprint density at radius 1 is 1.22 bits per heavy atom. The van der Waals surface area contributed by atoms with E-state index in [-0.39, 0.29) is 23.7 Å². The molecule has 23 heavy (non-hydrogen) atoms. The van der Waals surface area contributed by atoms with Crippen molar-refractivity contribution in [1.29, 1.82) is 0 Å². The van der Waals surface area contributed by atoms with E-state index >= 15 is 0 Å². The van der Waals surface area contributed by atoms with Crippen LogP contribution in [-0.2, 0) is 4.79 Å². The number of nitrogens with zero attached hydrogens (tertiary/aromatic N) is 2. The standard InChI is InChI=1S/C17H21N3O2.ClH/c1-12-4-3-5-14-10-15(17(22)18-16(12)14)20-8-6-19(7-9-20)11-13(2)21;/h3-5,10H,6-9,11H2,1-2H3,(H,18,22);1H. The van der Waals surface area contributed by atoms with Gasteiger partial charge in [-0.1, -0.05) is 18.2 Å². The summed E-state index contributed by atoms with van der Waals surface area (Å²) in [6.07, 6.45) is 0. The minimum atomic E-state index is -0.0400. The van der Waals surface area contributed by atoms with E-state index in [9.17, 15) is 9.59 Å². The zero-order valence-electron chi connectivity index (χ0n) is 13.5. The number of aromatic amines is 1. The third-order valence-electron chi connectivity index (χ3n) is 4.23. The number of carbonyl (C=O) groups excluding carboxylic acids is 1. The third kappa shape index (κ3) is 3.74. The molecule has 124 valence electrons. The maximum Gasteiger partial charge on any atom is 0.271 e. The second-order valence-corrected chi connectivity index (χ2v) is 5.99. The van der Waals surface area contributed by atoms with E-state index in [4.69, 9.17) is 0 Å². The van der Waals surface area contributed by atoms with Crippen molar-refractivity contribution in [1.82, 2.24) is 9.88 Å². The highest BCUT2D eigenvalue weighted by Gasteiger charge is 2.20. The van der Waals surface area contributed by atoms with Crippen LogP contribution in [0.4, 0.5) is 5.69 Å². The molecule has 1 saturated heterocycles. The van der Waals surface area contributed by atoms with Gasteiger partial charge in [-0.2, -0.15) is 0 Å². The Bertz CT molecular complexity index is 764. The summed E-state index contributed by atoms with van der Waals surface area (Å²) in [6, 6.07) is 8.00. The normalized spacial score (nSPS) is 15.5. The van der Waals surface area contributed by atoms with Crippen molar-refractivity contribution in [3.05, 3.63) is 40.2 Å². The Morgan fingerprint density at radius 3 is 2.57 bits per heavy atom. The number of Topliss-reactive ketones (excluding diaryl/α,β-unsaturated/α-hetero) is 1. The fourth-order valence-electron chi connectivity index (χ4n) is 3.07. The molecule has 0 radical (unpaired) electrons. The summed E-state index contributed by atoms with van der Waals surface area (Å²) in [4.78, 5) is 30.8. The lowest BCUT2D eigenvalue weighted by Crippen LogP contribution is -2.49. The van der Waals surface area contributed by atoms with Crippen LogP contribution < -0.4 is 10.5 Å². The Hall–Kier alpha value is -1.85. The van der Waals surface area contributed by atoms with Gasteiger partial charge in [-0.3, -0.25) is 14.5 Å². The average molecular weight is 336 g/mol. The minimum Gasteiger partial charge on any atom is -0.365 e. The molecule has 1 fully saturated rings. The first-order chi connectivity index (χ1) is 10.5. The third-order valence-corrected chi connectivity index (χ3v) is 4.23. The van der Waals surface area contributed by atoms with Crippen molar-refractivity contribution >= 4 is 34.8 Å². The number of hydrogen-bond acceptors (Lipinski definition) is 4. The second-order valence-electron chi connectivity index (χ2n) is 5.99. The number of nitrogens with one attached hydrogen (secondary N) is 1. The van der Waals surface area contributed by atoms with E-state index < -0.39 is 0 Å². The molecule has 1 aliphatic heterocycles. The van der Waals surface area contributed by atoms with Crippen molar-refractivity contribution in [3.8, 4) is 0 Å². The molecule has 1 aromatic heterocycles. The molecule has 0 atom stereocenters. The zero-order valence-corrected chi connectivity index (χ0v) is 14.3. The molecule has 0 amide bonds. The molecule has 1 aromatic carbocycles. The molecular formula is C17H22ClN3O2. The maximum atomic E-state index is 12.4. The summed E-state index contributed by atoms with van der Waals surface area (Å²) >= 11 is 0. The topological polar surface area (TPSA) is 56.4 Å². The van der Waals surface area contributed by atoms with Gasteiger partial charge >= 0.3 is 0 Å². The van der Waals surface area contributed by atoms with E-state index in [0.717, 1.165) is 48.3 Å². The van der Waals surface area contributed by atoms with Crippen LogP contribution in [0.2, 0.25) is 0 Å². The highest BCUT2D eigenvalue weighted by atomic mass is 35.5. The molecular weight excluding hydrogens is 314 g/mol. The van der Waals surface area contributed by atoms with Crippen molar-refractivity contribution in [3.63, 3.8) is 0 Å². The van der Waals surface area contributed by atoms with E-state index in [1.807, 2.05) is 31.2 Å². The van der Waals surface area contributed by atoms with Gasteiger partial charge < -0.3 is 9.88 Å². The number of halogens is 1. The zero-order chi connectivity index (χ0) is 15.7. The van der Waals surface area contributed by atoms with Crippen molar-refractivity contribution in [2.75, 3.05) is 37.6 Å². The summed E-state index contributed by atoms with van der Waals surface area (Å²) in [5.74, 6) is 0.187. The van der Waals surface area contributed by atoms with Gasteiger partial charge in [0.05, 0.1) is 12.1 Å². The van der Waals surface area contributed by atoms with Gasteiger partial charge in [-0.15, -0.1) is 12.4 Å². The van der Waals surface area contributed by atoms with Crippen LogP contribution in [0.1, 0.15) is 12.5 Å². The van der Waals surface area contributed by atoms with Gasteiger partial charge in [-0.05, 0) is 25.5 Å². The molecule has 6 heteroatoms. The number of H-pyrrole nitrogens is 1. The van der Waals surface area contributed by atoms with Crippen molar-refractivity contribution < 1.29 is 4.79 Å². The highest BCUT2D eigenvalue weighted by molar-refractivity contribution is 5.85. The van der Waals surface area contributed by atoms with Crippen LogP contribution in [-0.4, -0.2) is 48.4 Å². The Morgan fingerprint density at radius 2 is 1.91 bits per heavy atom. The number of benzene rings is 1. The molecule has 0 bridgehead atoms. The summed E-state index contributed by atoms with van der Waals surface area (Å²) in [5, 5.41) is 1.06. The number of fused-ring (bicyclic) bond motifs is 1. The average Bonchev–Trinajstić information content (AvgIpc) is 2.48. The number of pyridine rings is 1. The SMILES string of the molecule is CC(=O)CN1CCN(c2cc3cccc(C)c3[nH]c2=O)CC1.Cl. The molecule has 0 unspecified atom stereocenters. The quantitative estimate of drug-likeness (QED) is 0.931. The lowest BCUT2D eigenvalue weighted by atomic mass is 10.1. The maximum absolute atomic E-state index is 12.4. The highest BCUT2D eigenvalue weighted by Crippen LogP contribution is 2.20.